The molecule has 0 spiro atoms. The minimum atomic E-state index is -0.204. The molecule has 2 unspecified atom stereocenters. The van der Waals surface area contributed by atoms with Crippen LogP contribution >= 0.6 is 11.3 Å². The predicted octanol–water partition coefficient (Wildman–Crippen LogP) is 2.42. The minimum absolute atomic E-state index is 0.204. The van der Waals surface area contributed by atoms with Crippen molar-refractivity contribution < 1.29 is 0 Å². The van der Waals surface area contributed by atoms with E-state index in [0.717, 1.165) is 30.4 Å². The van der Waals surface area contributed by atoms with E-state index in [1.165, 1.54) is 23.4 Å². The van der Waals surface area contributed by atoms with Gasteiger partial charge < -0.3 is 5.73 Å². The standard InChI is InChI=1S/C14H23N3S/c1-4-12-10(3)18-13(16-12)14(15)7-9(2)17(8-14)11-5-6-11/h9,11H,4-8,15H2,1-3H3. The van der Waals surface area contributed by atoms with Crippen molar-refractivity contribution >= 4 is 11.3 Å². The number of hydrogen-bond donors (Lipinski definition) is 1. The highest BCUT2D eigenvalue weighted by Crippen LogP contribution is 2.41. The highest BCUT2D eigenvalue weighted by atomic mass is 32.1. The quantitative estimate of drug-likeness (QED) is 0.912. The van der Waals surface area contributed by atoms with Gasteiger partial charge in [0.25, 0.3) is 0 Å². The molecule has 0 amide bonds. The van der Waals surface area contributed by atoms with Gasteiger partial charge in [-0.2, -0.15) is 0 Å². The van der Waals surface area contributed by atoms with Crippen molar-refractivity contribution in [2.75, 3.05) is 6.54 Å². The highest BCUT2D eigenvalue weighted by Gasteiger charge is 2.47. The Bertz CT molecular complexity index is 452. The van der Waals surface area contributed by atoms with Gasteiger partial charge >= 0.3 is 0 Å². The van der Waals surface area contributed by atoms with Gasteiger partial charge in [0.1, 0.15) is 5.01 Å². The summed E-state index contributed by atoms with van der Waals surface area (Å²) in [5.41, 5.74) is 7.70. The minimum Gasteiger partial charge on any atom is -0.318 e. The van der Waals surface area contributed by atoms with Crippen LogP contribution in [0.25, 0.3) is 0 Å². The Morgan fingerprint density at radius 1 is 1.50 bits per heavy atom. The van der Waals surface area contributed by atoms with Crippen LogP contribution in [0.4, 0.5) is 0 Å². The van der Waals surface area contributed by atoms with Crippen LogP contribution in [-0.4, -0.2) is 28.5 Å². The zero-order valence-electron chi connectivity index (χ0n) is 11.6. The molecule has 3 rings (SSSR count). The average Bonchev–Trinajstić information content (AvgIpc) is 3.02. The van der Waals surface area contributed by atoms with Gasteiger partial charge in [0.15, 0.2) is 0 Å². The predicted molar refractivity (Wildman–Crippen MR) is 75.9 cm³/mol. The van der Waals surface area contributed by atoms with E-state index in [-0.39, 0.29) is 5.54 Å². The normalized spacial score (nSPS) is 33.2. The molecule has 3 nitrogen and oxygen atoms in total. The molecule has 2 fully saturated rings. The van der Waals surface area contributed by atoms with Gasteiger partial charge in [-0.05, 0) is 39.5 Å². The van der Waals surface area contributed by atoms with E-state index in [2.05, 4.69) is 25.7 Å². The van der Waals surface area contributed by atoms with Gasteiger partial charge in [0, 0.05) is 23.5 Å². The van der Waals surface area contributed by atoms with E-state index >= 15 is 0 Å². The number of nitrogens with two attached hydrogens (primary N) is 1. The van der Waals surface area contributed by atoms with E-state index < -0.39 is 0 Å². The van der Waals surface area contributed by atoms with Crippen molar-refractivity contribution in [1.29, 1.82) is 0 Å². The second-order valence-electron chi connectivity index (χ2n) is 5.99. The first-order chi connectivity index (χ1) is 8.53. The van der Waals surface area contributed by atoms with Crippen LogP contribution in [0.2, 0.25) is 0 Å². The van der Waals surface area contributed by atoms with Crippen molar-refractivity contribution in [3.63, 3.8) is 0 Å². The first-order valence-corrected chi connectivity index (χ1v) is 7.86. The Balaban J connectivity index is 1.85. The Labute approximate surface area is 113 Å². The number of aromatic nitrogens is 1. The monoisotopic (exact) mass is 265 g/mol. The highest BCUT2D eigenvalue weighted by molar-refractivity contribution is 7.11. The summed E-state index contributed by atoms with van der Waals surface area (Å²) >= 11 is 1.81. The molecule has 4 heteroatoms. The molecule has 1 saturated carbocycles. The summed E-state index contributed by atoms with van der Waals surface area (Å²) < 4.78 is 0. The first kappa shape index (κ1) is 12.6. The Kier molecular flexibility index (Phi) is 3.00. The zero-order chi connectivity index (χ0) is 12.9. The topological polar surface area (TPSA) is 42.1 Å². The summed E-state index contributed by atoms with van der Waals surface area (Å²) in [5.74, 6) is 0. The molecule has 0 radical (unpaired) electrons. The molecule has 1 aliphatic heterocycles. The second-order valence-corrected chi connectivity index (χ2v) is 7.19. The number of nitrogens with zero attached hydrogens (tertiary/aromatic N) is 2. The average molecular weight is 265 g/mol. The molecule has 2 aliphatic rings. The molecular formula is C14H23N3S. The molecule has 100 valence electrons. The Hall–Kier alpha value is -0.450. The summed E-state index contributed by atoms with van der Waals surface area (Å²) in [6.07, 6.45) is 4.79. The molecule has 2 atom stereocenters. The summed E-state index contributed by atoms with van der Waals surface area (Å²) in [6.45, 7) is 7.65. The fourth-order valence-electron chi connectivity index (χ4n) is 3.21. The first-order valence-electron chi connectivity index (χ1n) is 7.05. The van der Waals surface area contributed by atoms with Crippen molar-refractivity contribution in [2.45, 2.75) is 64.1 Å². The van der Waals surface area contributed by atoms with E-state index in [0.29, 0.717) is 6.04 Å². The van der Waals surface area contributed by atoms with Gasteiger partial charge in [0.2, 0.25) is 0 Å². The van der Waals surface area contributed by atoms with E-state index in [9.17, 15) is 0 Å². The Morgan fingerprint density at radius 2 is 2.22 bits per heavy atom. The third kappa shape index (κ3) is 2.00. The lowest BCUT2D eigenvalue weighted by Gasteiger charge is -2.22. The molecule has 1 aliphatic carbocycles. The Morgan fingerprint density at radius 3 is 2.78 bits per heavy atom. The maximum atomic E-state index is 6.67. The van der Waals surface area contributed by atoms with Gasteiger partial charge in [-0.25, -0.2) is 4.98 Å². The number of hydrogen-bond acceptors (Lipinski definition) is 4. The molecule has 1 aromatic rings. The van der Waals surface area contributed by atoms with Crippen molar-refractivity contribution in [1.82, 2.24) is 9.88 Å². The fraction of sp³-hybridized carbons (Fsp3) is 0.786. The molecule has 2 N–H and O–H groups in total. The maximum absolute atomic E-state index is 6.67. The van der Waals surface area contributed by atoms with Crippen molar-refractivity contribution in [3.05, 3.63) is 15.6 Å². The number of aryl methyl sites for hydroxylation is 2. The van der Waals surface area contributed by atoms with Crippen LogP contribution in [0, 0.1) is 6.92 Å². The second kappa shape index (κ2) is 4.29. The lowest BCUT2D eigenvalue weighted by molar-refractivity contribution is 0.249. The molecular weight excluding hydrogens is 242 g/mol. The van der Waals surface area contributed by atoms with Gasteiger partial charge in [0.05, 0.1) is 11.2 Å². The molecule has 0 bridgehead atoms. The van der Waals surface area contributed by atoms with E-state index in [4.69, 9.17) is 10.7 Å². The molecule has 1 saturated heterocycles. The zero-order valence-corrected chi connectivity index (χ0v) is 12.4. The van der Waals surface area contributed by atoms with Gasteiger partial charge in [-0.3, -0.25) is 4.90 Å². The lowest BCUT2D eigenvalue weighted by atomic mass is 9.99. The summed E-state index contributed by atoms with van der Waals surface area (Å²) in [6, 6.07) is 1.41. The molecule has 0 aromatic carbocycles. The lowest BCUT2D eigenvalue weighted by Crippen LogP contribution is -2.40. The largest absolute Gasteiger partial charge is 0.318 e. The van der Waals surface area contributed by atoms with E-state index in [1.807, 2.05) is 11.3 Å². The summed E-state index contributed by atoms with van der Waals surface area (Å²) in [5, 5.41) is 1.16. The maximum Gasteiger partial charge on any atom is 0.114 e. The van der Waals surface area contributed by atoms with Crippen LogP contribution in [0.3, 0.4) is 0 Å². The number of rotatable bonds is 3. The van der Waals surface area contributed by atoms with Crippen LogP contribution < -0.4 is 5.73 Å². The summed E-state index contributed by atoms with van der Waals surface area (Å²) in [7, 11) is 0. The number of likely N-dealkylation sites (tertiary alicyclic amines) is 1. The van der Waals surface area contributed by atoms with E-state index in [1.54, 1.807) is 0 Å². The number of thiazole rings is 1. The molecule has 1 aromatic heterocycles. The fourth-order valence-corrected chi connectivity index (χ4v) is 4.31. The molecule has 18 heavy (non-hydrogen) atoms. The summed E-state index contributed by atoms with van der Waals surface area (Å²) in [4.78, 5) is 8.74. The third-order valence-electron chi connectivity index (χ3n) is 4.36. The van der Waals surface area contributed by atoms with Gasteiger partial charge in [-0.15, -0.1) is 11.3 Å². The van der Waals surface area contributed by atoms with Crippen LogP contribution in [-0.2, 0) is 12.0 Å². The van der Waals surface area contributed by atoms with Gasteiger partial charge in [-0.1, -0.05) is 6.92 Å². The SMILES string of the molecule is CCc1nc(C2(N)CC(C)N(C3CC3)C2)sc1C. The van der Waals surface area contributed by atoms with Crippen LogP contribution in [0.5, 0.6) is 0 Å². The van der Waals surface area contributed by atoms with Crippen molar-refractivity contribution in [2.24, 2.45) is 5.73 Å². The smallest absolute Gasteiger partial charge is 0.114 e. The third-order valence-corrected chi connectivity index (χ3v) is 5.59. The molecule has 2 heterocycles. The van der Waals surface area contributed by atoms with Crippen molar-refractivity contribution in [3.8, 4) is 0 Å². The van der Waals surface area contributed by atoms with Crippen LogP contribution in [0.15, 0.2) is 0 Å². The van der Waals surface area contributed by atoms with Crippen LogP contribution in [0.1, 0.15) is 48.7 Å².